The average molecular weight is 302 g/mol. The van der Waals surface area contributed by atoms with Gasteiger partial charge in [0.05, 0.1) is 10.0 Å². The van der Waals surface area contributed by atoms with Gasteiger partial charge < -0.3 is 5.73 Å². The van der Waals surface area contributed by atoms with Gasteiger partial charge in [0.25, 0.3) is 0 Å². The van der Waals surface area contributed by atoms with Crippen molar-refractivity contribution in [2.24, 2.45) is 5.73 Å². The minimum atomic E-state index is -0.355. The van der Waals surface area contributed by atoms with E-state index in [2.05, 4.69) is 9.80 Å². The van der Waals surface area contributed by atoms with Gasteiger partial charge in [-0.25, -0.2) is 4.39 Å². The fourth-order valence-electron chi connectivity index (χ4n) is 2.22. The van der Waals surface area contributed by atoms with E-state index in [0.29, 0.717) is 11.5 Å². The van der Waals surface area contributed by atoms with Crippen molar-refractivity contribution in [1.29, 1.82) is 0 Å². The lowest BCUT2D eigenvalue weighted by atomic mass is 10.2. The SMILES string of the molecule is NC(=S)CN1CCN(Cc2ccc(Cl)c(F)c2)CC1. The molecule has 0 bridgehead atoms. The van der Waals surface area contributed by atoms with E-state index >= 15 is 0 Å². The number of benzene rings is 1. The number of hydrogen-bond donors (Lipinski definition) is 1. The summed E-state index contributed by atoms with van der Waals surface area (Å²) in [5.41, 5.74) is 6.48. The number of rotatable bonds is 4. The van der Waals surface area contributed by atoms with Crippen LogP contribution in [0.3, 0.4) is 0 Å². The number of halogens is 2. The zero-order valence-electron chi connectivity index (χ0n) is 10.6. The highest BCUT2D eigenvalue weighted by Crippen LogP contribution is 2.17. The molecule has 0 spiro atoms. The number of nitrogens with zero attached hydrogens (tertiary/aromatic N) is 2. The summed E-state index contributed by atoms with van der Waals surface area (Å²) >= 11 is 10.6. The normalized spacial score (nSPS) is 17.6. The molecule has 1 aliphatic heterocycles. The van der Waals surface area contributed by atoms with Crippen molar-refractivity contribution in [3.8, 4) is 0 Å². The van der Waals surface area contributed by atoms with E-state index in [1.54, 1.807) is 6.07 Å². The second-order valence-corrected chi connectivity index (χ2v) is 5.70. The highest BCUT2D eigenvalue weighted by molar-refractivity contribution is 7.80. The Bertz CT molecular complexity index is 461. The van der Waals surface area contributed by atoms with Crippen LogP contribution in [0.15, 0.2) is 18.2 Å². The standard InChI is InChI=1S/C13H17ClFN3S/c14-11-2-1-10(7-12(11)15)8-17-3-5-18(6-4-17)9-13(16)19/h1-2,7H,3-6,8-9H2,(H2,16,19). The van der Waals surface area contributed by atoms with Gasteiger partial charge in [0.2, 0.25) is 0 Å². The Morgan fingerprint density at radius 1 is 1.26 bits per heavy atom. The first-order chi connectivity index (χ1) is 9.04. The molecule has 1 saturated heterocycles. The van der Waals surface area contributed by atoms with Crippen LogP contribution in [-0.2, 0) is 6.54 Å². The molecule has 3 nitrogen and oxygen atoms in total. The first kappa shape index (κ1) is 14.7. The molecule has 1 aliphatic rings. The molecule has 0 saturated carbocycles. The van der Waals surface area contributed by atoms with E-state index in [-0.39, 0.29) is 10.8 Å². The Kier molecular flexibility index (Phi) is 5.10. The maximum Gasteiger partial charge on any atom is 0.142 e. The van der Waals surface area contributed by atoms with E-state index in [1.807, 2.05) is 6.07 Å². The van der Waals surface area contributed by atoms with Crippen molar-refractivity contribution in [1.82, 2.24) is 9.80 Å². The number of piperazine rings is 1. The minimum Gasteiger partial charge on any atom is -0.392 e. The lowest BCUT2D eigenvalue weighted by molar-refractivity contribution is 0.140. The van der Waals surface area contributed by atoms with Gasteiger partial charge in [-0.1, -0.05) is 29.9 Å². The lowest BCUT2D eigenvalue weighted by Gasteiger charge is -2.34. The maximum absolute atomic E-state index is 13.4. The van der Waals surface area contributed by atoms with Crippen molar-refractivity contribution in [2.45, 2.75) is 6.54 Å². The Morgan fingerprint density at radius 3 is 2.47 bits per heavy atom. The average Bonchev–Trinajstić information content (AvgIpc) is 2.36. The van der Waals surface area contributed by atoms with Gasteiger partial charge in [0, 0.05) is 39.3 Å². The van der Waals surface area contributed by atoms with E-state index in [4.69, 9.17) is 29.6 Å². The predicted molar refractivity (Wildman–Crippen MR) is 79.9 cm³/mol. The van der Waals surface area contributed by atoms with Gasteiger partial charge in [-0.05, 0) is 17.7 Å². The summed E-state index contributed by atoms with van der Waals surface area (Å²) in [6, 6.07) is 4.98. The van der Waals surface area contributed by atoms with E-state index in [1.165, 1.54) is 6.07 Å². The molecule has 1 aromatic rings. The highest BCUT2D eigenvalue weighted by atomic mass is 35.5. The molecule has 2 rings (SSSR count). The van der Waals surface area contributed by atoms with Crippen LogP contribution in [0.25, 0.3) is 0 Å². The molecule has 0 aromatic heterocycles. The van der Waals surface area contributed by atoms with Gasteiger partial charge in [-0.15, -0.1) is 0 Å². The lowest BCUT2D eigenvalue weighted by Crippen LogP contribution is -2.48. The Labute approximate surface area is 123 Å². The smallest absolute Gasteiger partial charge is 0.142 e. The van der Waals surface area contributed by atoms with Crippen LogP contribution < -0.4 is 5.73 Å². The van der Waals surface area contributed by atoms with Gasteiger partial charge in [-0.2, -0.15) is 0 Å². The molecule has 6 heteroatoms. The number of thiocarbonyl (C=S) groups is 1. The van der Waals surface area contributed by atoms with Gasteiger partial charge >= 0.3 is 0 Å². The zero-order valence-corrected chi connectivity index (χ0v) is 12.2. The molecular formula is C13H17ClFN3S. The van der Waals surface area contributed by atoms with E-state index in [0.717, 1.165) is 38.3 Å². The van der Waals surface area contributed by atoms with Gasteiger partial charge in [0.1, 0.15) is 5.82 Å². The highest BCUT2D eigenvalue weighted by Gasteiger charge is 2.17. The molecule has 0 amide bonds. The zero-order chi connectivity index (χ0) is 13.8. The van der Waals surface area contributed by atoms with Crippen molar-refractivity contribution < 1.29 is 4.39 Å². The first-order valence-corrected chi connectivity index (χ1v) is 7.00. The van der Waals surface area contributed by atoms with Crippen LogP contribution >= 0.6 is 23.8 Å². The summed E-state index contributed by atoms with van der Waals surface area (Å²) < 4.78 is 13.4. The summed E-state index contributed by atoms with van der Waals surface area (Å²) in [4.78, 5) is 5.06. The van der Waals surface area contributed by atoms with Crippen LogP contribution in [0.1, 0.15) is 5.56 Å². The summed E-state index contributed by atoms with van der Waals surface area (Å²) in [6.45, 7) is 5.17. The summed E-state index contributed by atoms with van der Waals surface area (Å²) in [5, 5.41) is 0.171. The van der Waals surface area contributed by atoms with E-state index in [9.17, 15) is 4.39 Å². The van der Waals surface area contributed by atoms with Gasteiger partial charge in [-0.3, -0.25) is 9.80 Å². The van der Waals surface area contributed by atoms with Crippen molar-refractivity contribution in [2.75, 3.05) is 32.7 Å². The monoisotopic (exact) mass is 301 g/mol. The third kappa shape index (κ3) is 4.38. The summed E-state index contributed by atoms with van der Waals surface area (Å²) in [7, 11) is 0. The van der Waals surface area contributed by atoms with Crippen LogP contribution in [-0.4, -0.2) is 47.5 Å². The fraction of sp³-hybridized carbons (Fsp3) is 0.462. The second-order valence-electron chi connectivity index (χ2n) is 4.77. The van der Waals surface area contributed by atoms with Crippen molar-refractivity contribution in [3.63, 3.8) is 0 Å². The molecule has 0 aliphatic carbocycles. The van der Waals surface area contributed by atoms with Crippen LogP contribution in [0.5, 0.6) is 0 Å². The fourth-order valence-corrected chi connectivity index (χ4v) is 2.52. The maximum atomic E-state index is 13.4. The van der Waals surface area contributed by atoms with Crippen LogP contribution in [0.4, 0.5) is 4.39 Å². The summed E-state index contributed by atoms with van der Waals surface area (Å²) in [5.74, 6) is -0.355. The van der Waals surface area contributed by atoms with Crippen LogP contribution in [0, 0.1) is 5.82 Å². The quantitative estimate of drug-likeness (QED) is 0.861. The third-order valence-electron chi connectivity index (χ3n) is 3.23. The van der Waals surface area contributed by atoms with E-state index < -0.39 is 0 Å². The minimum absolute atomic E-state index is 0.171. The van der Waals surface area contributed by atoms with Crippen molar-refractivity contribution in [3.05, 3.63) is 34.6 Å². The van der Waals surface area contributed by atoms with Crippen LogP contribution in [0.2, 0.25) is 5.02 Å². The third-order valence-corrected chi connectivity index (χ3v) is 3.67. The second kappa shape index (κ2) is 6.61. The Balaban J connectivity index is 1.85. The molecule has 104 valence electrons. The van der Waals surface area contributed by atoms with Crippen molar-refractivity contribution >= 4 is 28.8 Å². The molecule has 19 heavy (non-hydrogen) atoms. The first-order valence-electron chi connectivity index (χ1n) is 6.21. The molecule has 0 unspecified atom stereocenters. The Morgan fingerprint density at radius 2 is 1.89 bits per heavy atom. The largest absolute Gasteiger partial charge is 0.392 e. The molecule has 1 fully saturated rings. The molecule has 0 atom stereocenters. The molecular weight excluding hydrogens is 285 g/mol. The summed E-state index contributed by atoms with van der Waals surface area (Å²) in [6.07, 6.45) is 0. The topological polar surface area (TPSA) is 32.5 Å². The predicted octanol–water partition coefficient (Wildman–Crippen LogP) is 1.88. The molecule has 2 N–H and O–H groups in total. The number of nitrogens with two attached hydrogens (primary N) is 1. The number of hydrogen-bond acceptors (Lipinski definition) is 3. The molecule has 1 aromatic carbocycles. The molecule has 1 heterocycles. The Hall–Kier alpha value is -0.750. The van der Waals surface area contributed by atoms with Gasteiger partial charge in [0.15, 0.2) is 0 Å². The molecule has 0 radical (unpaired) electrons.